The zero-order valence-electron chi connectivity index (χ0n) is 17.3. The molecule has 1 aliphatic rings. The third-order valence-corrected chi connectivity index (χ3v) is 7.13. The van der Waals surface area contributed by atoms with Gasteiger partial charge in [-0.3, -0.25) is 9.59 Å². The molecule has 0 aromatic heterocycles. The van der Waals surface area contributed by atoms with Crippen LogP contribution in [0.4, 0.5) is 5.69 Å². The third-order valence-electron chi connectivity index (χ3n) is 4.94. The minimum atomic E-state index is -3.77. The first-order chi connectivity index (χ1) is 14.7. The third kappa shape index (κ3) is 4.77. The second-order valence-corrected chi connectivity index (χ2v) is 9.41. The van der Waals surface area contributed by atoms with Crippen LogP contribution in [-0.4, -0.2) is 46.7 Å². The van der Waals surface area contributed by atoms with Crippen LogP contribution < -0.4 is 19.1 Å². The van der Waals surface area contributed by atoms with Crippen molar-refractivity contribution in [3.05, 3.63) is 52.5 Å². The van der Waals surface area contributed by atoms with Crippen molar-refractivity contribution in [2.45, 2.75) is 13.3 Å². The number of ether oxygens (including phenoxy) is 2. The van der Waals surface area contributed by atoms with Crippen LogP contribution in [0.15, 0.2) is 36.4 Å². The van der Waals surface area contributed by atoms with E-state index in [1.165, 1.54) is 18.2 Å². The molecule has 0 bridgehead atoms. The lowest BCUT2D eigenvalue weighted by Gasteiger charge is -2.17. The number of nitrogens with one attached hydrogen (secondary N) is 1. The largest absolute Gasteiger partial charge is 0.493 e. The number of hydrogen-bond acceptors (Lipinski definition) is 6. The van der Waals surface area contributed by atoms with E-state index < -0.39 is 27.8 Å². The molecule has 8 nitrogen and oxygen atoms in total. The first kappa shape index (κ1) is 22.9. The summed E-state index contributed by atoms with van der Waals surface area (Å²) in [6.07, 6.45) is 0.528. The predicted molar refractivity (Wildman–Crippen MR) is 117 cm³/mol. The van der Waals surface area contributed by atoms with Gasteiger partial charge in [-0.2, -0.15) is 0 Å². The van der Waals surface area contributed by atoms with Crippen LogP contribution in [0.25, 0.3) is 0 Å². The molecular formula is C21H23ClN2O6S. The molecule has 0 spiro atoms. The van der Waals surface area contributed by atoms with Crippen molar-refractivity contribution in [2.24, 2.45) is 5.92 Å². The van der Waals surface area contributed by atoms with E-state index in [0.717, 1.165) is 9.87 Å². The number of nitrogens with zero attached hydrogens (tertiary/aromatic N) is 1. The van der Waals surface area contributed by atoms with Gasteiger partial charge in [0, 0.05) is 6.54 Å². The lowest BCUT2D eigenvalue weighted by molar-refractivity contribution is -0.119. The second-order valence-electron chi connectivity index (χ2n) is 7.14. The highest BCUT2D eigenvalue weighted by Gasteiger charge is 2.42. The summed E-state index contributed by atoms with van der Waals surface area (Å²) >= 11 is 6.16. The Hall–Kier alpha value is -2.78. The average Bonchev–Trinajstić information content (AvgIpc) is 2.94. The van der Waals surface area contributed by atoms with Gasteiger partial charge in [-0.1, -0.05) is 24.6 Å². The number of methoxy groups -OCH3 is 2. The van der Waals surface area contributed by atoms with Gasteiger partial charge in [0.05, 0.1) is 42.2 Å². The maximum absolute atomic E-state index is 12.7. The van der Waals surface area contributed by atoms with Crippen molar-refractivity contribution < 1.29 is 27.5 Å². The summed E-state index contributed by atoms with van der Waals surface area (Å²) in [5.74, 6) is -0.695. The first-order valence-electron chi connectivity index (χ1n) is 9.53. The number of amides is 2. The fourth-order valence-corrected chi connectivity index (χ4v) is 5.37. The van der Waals surface area contributed by atoms with Crippen molar-refractivity contribution >= 4 is 39.1 Å². The Bertz CT molecular complexity index is 1120. The Morgan fingerprint density at radius 1 is 1.16 bits per heavy atom. The van der Waals surface area contributed by atoms with Crippen LogP contribution in [0.5, 0.6) is 11.5 Å². The minimum absolute atomic E-state index is 0.0917. The number of anilines is 1. The first-order valence-corrected chi connectivity index (χ1v) is 11.5. The van der Waals surface area contributed by atoms with Gasteiger partial charge < -0.3 is 14.8 Å². The molecular weight excluding hydrogens is 444 g/mol. The minimum Gasteiger partial charge on any atom is -0.493 e. The van der Waals surface area contributed by atoms with Crippen molar-refractivity contribution in [1.29, 1.82) is 0 Å². The number of carbonyl (C=O) groups is 2. The van der Waals surface area contributed by atoms with Gasteiger partial charge in [0.15, 0.2) is 11.5 Å². The SMILES string of the molecule is COc1ccc(CCNC(=O)c2cc(N3C(=O)C(C)CS3(=O)=O)ccc2Cl)cc1OC. The van der Waals surface area contributed by atoms with E-state index in [2.05, 4.69) is 5.32 Å². The smallest absolute Gasteiger partial charge is 0.252 e. The highest BCUT2D eigenvalue weighted by atomic mass is 35.5. The summed E-state index contributed by atoms with van der Waals surface area (Å²) in [5, 5.41) is 2.92. The molecule has 166 valence electrons. The molecule has 1 atom stereocenters. The van der Waals surface area contributed by atoms with Crippen molar-refractivity contribution in [1.82, 2.24) is 5.32 Å². The van der Waals surface area contributed by atoms with E-state index in [0.29, 0.717) is 24.5 Å². The Balaban J connectivity index is 1.73. The molecule has 3 rings (SSSR count). The zero-order valence-corrected chi connectivity index (χ0v) is 18.9. The highest BCUT2D eigenvalue weighted by molar-refractivity contribution is 7.94. The molecule has 0 radical (unpaired) electrons. The van der Waals surface area contributed by atoms with Gasteiger partial charge in [-0.15, -0.1) is 0 Å². The number of halogens is 1. The van der Waals surface area contributed by atoms with Crippen LogP contribution in [-0.2, 0) is 21.2 Å². The van der Waals surface area contributed by atoms with Gasteiger partial charge in [-0.05, 0) is 42.3 Å². The Labute approximate surface area is 186 Å². The van der Waals surface area contributed by atoms with Crippen molar-refractivity contribution in [2.75, 3.05) is 30.8 Å². The van der Waals surface area contributed by atoms with Crippen LogP contribution in [0.2, 0.25) is 5.02 Å². The van der Waals surface area contributed by atoms with E-state index in [-0.39, 0.29) is 22.0 Å². The second kappa shape index (κ2) is 9.15. The quantitative estimate of drug-likeness (QED) is 0.673. The topological polar surface area (TPSA) is 102 Å². The fraction of sp³-hybridized carbons (Fsp3) is 0.333. The summed E-state index contributed by atoms with van der Waals surface area (Å²) in [6, 6.07) is 9.62. The number of benzene rings is 2. The highest BCUT2D eigenvalue weighted by Crippen LogP contribution is 2.31. The summed E-state index contributed by atoms with van der Waals surface area (Å²) in [7, 11) is -0.673. The molecule has 1 fully saturated rings. The van der Waals surface area contributed by atoms with Gasteiger partial charge >= 0.3 is 0 Å². The number of sulfonamides is 1. The van der Waals surface area contributed by atoms with Crippen LogP contribution >= 0.6 is 11.6 Å². The Kier molecular flexibility index (Phi) is 6.76. The van der Waals surface area contributed by atoms with E-state index >= 15 is 0 Å². The summed E-state index contributed by atoms with van der Waals surface area (Å²) in [6.45, 7) is 1.87. The Morgan fingerprint density at radius 2 is 1.87 bits per heavy atom. The van der Waals surface area contributed by atoms with Gasteiger partial charge in [0.1, 0.15) is 0 Å². The summed E-state index contributed by atoms with van der Waals surface area (Å²) in [5.41, 5.74) is 1.12. The number of rotatable bonds is 7. The number of hydrogen-bond donors (Lipinski definition) is 1. The Morgan fingerprint density at radius 3 is 2.48 bits per heavy atom. The molecule has 1 unspecified atom stereocenters. The molecule has 31 heavy (non-hydrogen) atoms. The van der Waals surface area contributed by atoms with E-state index in [1.807, 2.05) is 12.1 Å². The maximum atomic E-state index is 12.7. The van der Waals surface area contributed by atoms with Crippen molar-refractivity contribution in [3.63, 3.8) is 0 Å². The summed E-state index contributed by atoms with van der Waals surface area (Å²) < 4.78 is 35.9. The molecule has 1 saturated heterocycles. The molecule has 1 aliphatic heterocycles. The zero-order chi connectivity index (χ0) is 22.8. The van der Waals surface area contributed by atoms with Crippen molar-refractivity contribution in [3.8, 4) is 11.5 Å². The standard InChI is InChI=1S/C21H23ClN2O6S/c1-13-12-31(27,28)24(21(13)26)15-5-6-17(22)16(11-15)20(25)23-9-8-14-4-7-18(29-2)19(10-14)30-3/h4-7,10-11,13H,8-9,12H2,1-3H3,(H,23,25). The van der Waals surface area contributed by atoms with Gasteiger partial charge in [0.2, 0.25) is 15.9 Å². The summed E-state index contributed by atoms with van der Waals surface area (Å²) in [4.78, 5) is 25.0. The van der Waals surface area contributed by atoms with Crippen LogP contribution in [0.3, 0.4) is 0 Å². The molecule has 2 aromatic carbocycles. The molecule has 2 aromatic rings. The lowest BCUT2D eigenvalue weighted by atomic mass is 10.1. The predicted octanol–water partition coefficient (Wildman–Crippen LogP) is 2.64. The average molecular weight is 467 g/mol. The fourth-order valence-electron chi connectivity index (χ4n) is 3.35. The van der Waals surface area contributed by atoms with E-state index in [9.17, 15) is 18.0 Å². The van der Waals surface area contributed by atoms with E-state index in [1.54, 1.807) is 27.2 Å². The molecule has 2 amide bonds. The van der Waals surface area contributed by atoms with Crippen LogP contribution in [0, 0.1) is 5.92 Å². The lowest BCUT2D eigenvalue weighted by Crippen LogP contribution is -2.31. The molecule has 0 aliphatic carbocycles. The van der Waals surface area contributed by atoms with E-state index in [4.69, 9.17) is 21.1 Å². The van der Waals surface area contributed by atoms with Gasteiger partial charge in [-0.25, -0.2) is 12.7 Å². The molecule has 10 heteroatoms. The molecule has 1 N–H and O–H groups in total. The number of carbonyl (C=O) groups excluding carboxylic acids is 2. The normalized spacial score (nSPS) is 17.5. The molecule has 0 saturated carbocycles. The molecule has 1 heterocycles. The van der Waals surface area contributed by atoms with Gasteiger partial charge in [0.25, 0.3) is 5.91 Å². The maximum Gasteiger partial charge on any atom is 0.252 e. The van der Waals surface area contributed by atoms with Crippen LogP contribution in [0.1, 0.15) is 22.8 Å². The monoisotopic (exact) mass is 466 g/mol.